The highest BCUT2D eigenvalue weighted by atomic mass is 79.9. The molecule has 0 atom stereocenters. The third kappa shape index (κ3) is 3.48. The van der Waals surface area contributed by atoms with Gasteiger partial charge in [-0.2, -0.15) is 0 Å². The minimum atomic E-state index is -0.406. The largest absolute Gasteiger partial charge is 0.409 e. The first kappa shape index (κ1) is 14.3. The molecule has 0 aliphatic carbocycles. The Morgan fingerprint density at radius 2 is 2.10 bits per heavy atom. The number of nitrogens with one attached hydrogen (secondary N) is 1. The molecule has 0 heterocycles. The first-order valence-electron chi connectivity index (χ1n) is 5.86. The van der Waals surface area contributed by atoms with E-state index in [0.29, 0.717) is 17.7 Å². The van der Waals surface area contributed by atoms with E-state index < -0.39 is 5.82 Å². The molecule has 0 aliphatic heterocycles. The number of hydrogen-bond donors (Lipinski definition) is 3. The van der Waals surface area contributed by atoms with Crippen LogP contribution in [-0.2, 0) is 6.54 Å². The summed E-state index contributed by atoms with van der Waals surface area (Å²) in [6.07, 6.45) is 0. The molecule has 0 unspecified atom stereocenters. The van der Waals surface area contributed by atoms with Gasteiger partial charge in [-0.15, -0.1) is 0 Å². The van der Waals surface area contributed by atoms with Crippen molar-refractivity contribution in [1.29, 1.82) is 0 Å². The lowest BCUT2D eigenvalue weighted by Crippen LogP contribution is -2.14. The third-order valence-corrected chi connectivity index (χ3v) is 3.26. The molecule has 4 nitrogen and oxygen atoms in total. The Morgan fingerprint density at radius 1 is 1.30 bits per heavy atom. The predicted octanol–water partition coefficient (Wildman–Crippen LogP) is 3.29. The fraction of sp³-hybridized carbons (Fsp3) is 0.0714. The van der Waals surface area contributed by atoms with Gasteiger partial charge in [0.25, 0.3) is 0 Å². The molecule has 2 aromatic rings. The number of anilines is 1. The van der Waals surface area contributed by atoms with Crippen LogP contribution in [0.3, 0.4) is 0 Å². The molecular weight excluding hydrogens is 325 g/mol. The zero-order valence-electron chi connectivity index (χ0n) is 10.5. The van der Waals surface area contributed by atoms with E-state index in [2.05, 4.69) is 26.4 Å². The highest BCUT2D eigenvalue weighted by molar-refractivity contribution is 9.10. The standard InChI is InChI=1S/C14H13BrFN3O/c15-11-2-1-3-12(7-11)18-8-10-5-4-9(6-13(10)16)14(17)19-20/h1-7,18,20H,8H2,(H2,17,19). The van der Waals surface area contributed by atoms with E-state index in [1.807, 2.05) is 24.3 Å². The van der Waals surface area contributed by atoms with Gasteiger partial charge < -0.3 is 16.3 Å². The van der Waals surface area contributed by atoms with Crippen LogP contribution in [0.15, 0.2) is 52.1 Å². The summed E-state index contributed by atoms with van der Waals surface area (Å²) >= 11 is 3.37. The highest BCUT2D eigenvalue weighted by Gasteiger charge is 2.06. The Hall–Kier alpha value is -2.08. The number of oxime groups is 1. The minimum Gasteiger partial charge on any atom is -0.409 e. The summed E-state index contributed by atoms with van der Waals surface area (Å²) in [5.41, 5.74) is 7.14. The number of benzene rings is 2. The molecule has 0 aliphatic rings. The van der Waals surface area contributed by atoms with E-state index in [1.54, 1.807) is 12.1 Å². The molecule has 0 radical (unpaired) electrons. The smallest absolute Gasteiger partial charge is 0.170 e. The molecule has 0 aromatic heterocycles. The molecule has 6 heteroatoms. The molecule has 0 spiro atoms. The van der Waals surface area contributed by atoms with Gasteiger partial charge in [-0.05, 0) is 24.3 Å². The topological polar surface area (TPSA) is 70.6 Å². The van der Waals surface area contributed by atoms with Gasteiger partial charge >= 0.3 is 0 Å². The van der Waals surface area contributed by atoms with Crippen molar-refractivity contribution in [3.63, 3.8) is 0 Å². The van der Waals surface area contributed by atoms with Gasteiger partial charge in [0.05, 0.1) is 0 Å². The SMILES string of the molecule is NC(=NO)c1ccc(CNc2cccc(Br)c2)c(F)c1. The molecule has 4 N–H and O–H groups in total. The molecule has 2 aromatic carbocycles. The Kier molecular flexibility index (Phi) is 4.57. The van der Waals surface area contributed by atoms with Crippen LogP contribution in [0, 0.1) is 5.82 Å². The van der Waals surface area contributed by atoms with Crippen LogP contribution in [0.4, 0.5) is 10.1 Å². The summed E-state index contributed by atoms with van der Waals surface area (Å²) in [6, 6.07) is 12.1. The zero-order valence-corrected chi connectivity index (χ0v) is 12.1. The predicted molar refractivity (Wildman–Crippen MR) is 80.4 cm³/mol. The van der Waals surface area contributed by atoms with Crippen molar-refractivity contribution in [2.24, 2.45) is 10.9 Å². The van der Waals surface area contributed by atoms with E-state index in [0.717, 1.165) is 10.2 Å². The van der Waals surface area contributed by atoms with Crippen molar-refractivity contribution in [1.82, 2.24) is 0 Å². The maximum atomic E-state index is 13.9. The van der Waals surface area contributed by atoms with Crippen molar-refractivity contribution < 1.29 is 9.60 Å². The molecule has 0 saturated heterocycles. The monoisotopic (exact) mass is 337 g/mol. The Labute approximate surface area is 124 Å². The fourth-order valence-electron chi connectivity index (χ4n) is 1.70. The van der Waals surface area contributed by atoms with E-state index in [4.69, 9.17) is 10.9 Å². The summed E-state index contributed by atoms with van der Waals surface area (Å²) in [5, 5.41) is 14.5. The Bertz CT molecular complexity index is 646. The number of rotatable bonds is 4. The fourth-order valence-corrected chi connectivity index (χ4v) is 2.10. The van der Waals surface area contributed by atoms with Crippen LogP contribution in [0.1, 0.15) is 11.1 Å². The molecule has 20 heavy (non-hydrogen) atoms. The lowest BCUT2D eigenvalue weighted by molar-refractivity contribution is 0.318. The molecule has 0 saturated carbocycles. The van der Waals surface area contributed by atoms with E-state index in [-0.39, 0.29) is 5.84 Å². The average molecular weight is 338 g/mol. The molecule has 0 bridgehead atoms. The maximum absolute atomic E-state index is 13.9. The van der Waals surface area contributed by atoms with E-state index in [1.165, 1.54) is 6.07 Å². The van der Waals surface area contributed by atoms with Gasteiger partial charge in [0, 0.05) is 27.8 Å². The number of amidine groups is 1. The summed E-state index contributed by atoms with van der Waals surface area (Å²) in [7, 11) is 0. The van der Waals surface area contributed by atoms with Gasteiger partial charge in [-0.3, -0.25) is 0 Å². The maximum Gasteiger partial charge on any atom is 0.170 e. The van der Waals surface area contributed by atoms with Crippen LogP contribution in [0.2, 0.25) is 0 Å². The van der Waals surface area contributed by atoms with Gasteiger partial charge in [0.2, 0.25) is 0 Å². The second kappa shape index (κ2) is 6.38. The first-order valence-corrected chi connectivity index (χ1v) is 6.65. The minimum absolute atomic E-state index is 0.115. The lowest BCUT2D eigenvalue weighted by Gasteiger charge is -2.09. The van der Waals surface area contributed by atoms with E-state index in [9.17, 15) is 4.39 Å². The quantitative estimate of drug-likeness (QED) is 0.347. The molecule has 104 valence electrons. The molecular formula is C14H13BrFN3O. The van der Waals surface area contributed by atoms with Crippen LogP contribution >= 0.6 is 15.9 Å². The van der Waals surface area contributed by atoms with Crippen molar-refractivity contribution in [2.45, 2.75) is 6.54 Å². The van der Waals surface area contributed by atoms with Crippen molar-refractivity contribution in [2.75, 3.05) is 5.32 Å². The summed E-state index contributed by atoms with van der Waals surface area (Å²) in [5.74, 6) is -0.521. The second-order valence-electron chi connectivity index (χ2n) is 4.16. The summed E-state index contributed by atoms with van der Waals surface area (Å²) in [4.78, 5) is 0. The number of nitrogens with zero attached hydrogens (tertiary/aromatic N) is 1. The van der Waals surface area contributed by atoms with Gasteiger partial charge in [-0.1, -0.05) is 39.3 Å². The third-order valence-electron chi connectivity index (χ3n) is 2.76. The van der Waals surface area contributed by atoms with Crippen LogP contribution in [0.5, 0.6) is 0 Å². The molecule has 0 fully saturated rings. The van der Waals surface area contributed by atoms with Crippen molar-refractivity contribution >= 4 is 27.5 Å². The van der Waals surface area contributed by atoms with Crippen molar-refractivity contribution in [3.05, 3.63) is 63.9 Å². The van der Waals surface area contributed by atoms with Crippen molar-refractivity contribution in [3.8, 4) is 0 Å². The first-order chi connectivity index (χ1) is 9.60. The average Bonchev–Trinajstić information content (AvgIpc) is 2.45. The lowest BCUT2D eigenvalue weighted by atomic mass is 10.1. The molecule has 2 rings (SSSR count). The Morgan fingerprint density at radius 3 is 2.75 bits per heavy atom. The summed E-state index contributed by atoms with van der Waals surface area (Å²) in [6.45, 7) is 0.346. The summed E-state index contributed by atoms with van der Waals surface area (Å²) < 4.78 is 14.8. The Balaban J connectivity index is 2.11. The van der Waals surface area contributed by atoms with Crippen LogP contribution in [0.25, 0.3) is 0 Å². The van der Waals surface area contributed by atoms with E-state index >= 15 is 0 Å². The number of halogens is 2. The van der Waals surface area contributed by atoms with Crippen LogP contribution < -0.4 is 11.1 Å². The normalized spacial score (nSPS) is 11.4. The van der Waals surface area contributed by atoms with Crippen LogP contribution in [-0.4, -0.2) is 11.0 Å². The number of nitrogens with two attached hydrogens (primary N) is 1. The highest BCUT2D eigenvalue weighted by Crippen LogP contribution is 2.17. The number of hydrogen-bond acceptors (Lipinski definition) is 3. The second-order valence-corrected chi connectivity index (χ2v) is 5.07. The van der Waals surface area contributed by atoms with Gasteiger partial charge in [0.15, 0.2) is 5.84 Å². The zero-order chi connectivity index (χ0) is 14.5. The van der Waals surface area contributed by atoms with Gasteiger partial charge in [0.1, 0.15) is 5.82 Å². The van der Waals surface area contributed by atoms with Gasteiger partial charge in [-0.25, -0.2) is 4.39 Å². The molecule has 0 amide bonds.